The molecule has 1 aromatic heterocycles. The fourth-order valence-corrected chi connectivity index (χ4v) is 2.71. The summed E-state index contributed by atoms with van der Waals surface area (Å²) in [6, 6.07) is 10.2. The van der Waals surface area contributed by atoms with Crippen LogP contribution < -0.4 is 20.9 Å². The molecule has 28 heavy (non-hydrogen) atoms. The first-order valence-electron chi connectivity index (χ1n) is 9.21. The molecular formula is C20H27N4O4+. The van der Waals surface area contributed by atoms with Crippen LogP contribution in [0.3, 0.4) is 0 Å². The monoisotopic (exact) mass is 387 g/mol. The molecule has 0 saturated carbocycles. The van der Waals surface area contributed by atoms with Gasteiger partial charge in [-0.1, -0.05) is 0 Å². The second-order valence-electron chi connectivity index (χ2n) is 6.57. The molecule has 0 fully saturated rings. The van der Waals surface area contributed by atoms with Crippen LogP contribution in [0.4, 0.5) is 11.4 Å². The second-order valence-corrected chi connectivity index (χ2v) is 6.57. The molecule has 0 saturated heterocycles. The van der Waals surface area contributed by atoms with Gasteiger partial charge in [-0.05, 0) is 50.2 Å². The zero-order valence-electron chi connectivity index (χ0n) is 16.4. The Kier molecular flexibility index (Phi) is 7.76. The third-order valence-electron chi connectivity index (χ3n) is 4.16. The molecule has 2 atom stereocenters. The summed E-state index contributed by atoms with van der Waals surface area (Å²) in [7, 11) is 0. The number of hydrogen-bond donors (Lipinski definition) is 4. The Balaban J connectivity index is 1.81. The number of carbonyl (C=O) groups excluding carboxylic acids is 3. The summed E-state index contributed by atoms with van der Waals surface area (Å²) < 4.78 is 5.28. The summed E-state index contributed by atoms with van der Waals surface area (Å²) in [5.74, 6) is 0.203. The van der Waals surface area contributed by atoms with Crippen LogP contribution in [-0.4, -0.2) is 37.4 Å². The fraction of sp³-hybridized carbons (Fsp3) is 0.350. The first-order valence-corrected chi connectivity index (χ1v) is 9.21. The number of quaternary nitrogens is 1. The first-order chi connectivity index (χ1) is 13.4. The molecule has 150 valence electrons. The summed E-state index contributed by atoms with van der Waals surface area (Å²) in [6.07, 6.45) is 1.56. The van der Waals surface area contributed by atoms with Crippen molar-refractivity contribution < 1.29 is 23.7 Å². The van der Waals surface area contributed by atoms with Gasteiger partial charge in [0.2, 0.25) is 5.91 Å². The SMILES string of the molecule is CC[NH+](CC(=O)Nc1ccc(NC(C)=O)cc1)CC(=O)N[C@@H](C)c1ccco1. The maximum absolute atomic E-state index is 12.3. The van der Waals surface area contributed by atoms with Gasteiger partial charge in [-0.25, -0.2) is 0 Å². The van der Waals surface area contributed by atoms with E-state index >= 15 is 0 Å². The summed E-state index contributed by atoms with van der Waals surface area (Å²) >= 11 is 0. The molecule has 0 spiro atoms. The minimum Gasteiger partial charge on any atom is -0.467 e. The summed E-state index contributed by atoms with van der Waals surface area (Å²) in [4.78, 5) is 36.4. The summed E-state index contributed by atoms with van der Waals surface area (Å²) in [5, 5.41) is 8.34. The lowest BCUT2D eigenvalue weighted by Gasteiger charge is -2.18. The van der Waals surface area contributed by atoms with E-state index in [-0.39, 0.29) is 36.9 Å². The third-order valence-corrected chi connectivity index (χ3v) is 4.16. The van der Waals surface area contributed by atoms with Gasteiger partial charge in [0.1, 0.15) is 5.76 Å². The Bertz CT molecular complexity index is 787. The molecule has 3 amide bonds. The van der Waals surface area contributed by atoms with E-state index < -0.39 is 0 Å². The highest BCUT2D eigenvalue weighted by Crippen LogP contribution is 2.13. The van der Waals surface area contributed by atoms with E-state index in [1.807, 2.05) is 13.8 Å². The standard InChI is InChI=1S/C20H26N4O4/c1-4-24(12-19(26)21-14(2)18-6-5-11-28-18)13-20(27)23-17-9-7-16(8-10-17)22-15(3)25/h5-11,14H,4,12-13H2,1-3H3,(H,21,26)(H,22,25)(H,23,27)/p+1/t14-/m0/s1. The first kappa shape index (κ1) is 21.2. The van der Waals surface area contributed by atoms with E-state index in [4.69, 9.17) is 4.42 Å². The smallest absolute Gasteiger partial charge is 0.279 e. The Hall–Kier alpha value is -3.13. The van der Waals surface area contributed by atoms with Crippen molar-refractivity contribution in [3.8, 4) is 0 Å². The van der Waals surface area contributed by atoms with Gasteiger partial charge in [0.05, 0.1) is 18.8 Å². The summed E-state index contributed by atoms with van der Waals surface area (Å²) in [6.45, 7) is 6.21. The number of rotatable bonds is 9. The Morgan fingerprint density at radius 1 is 1.00 bits per heavy atom. The maximum atomic E-state index is 12.3. The molecule has 0 radical (unpaired) electrons. The molecular weight excluding hydrogens is 360 g/mol. The van der Waals surface area contributed by atoms with Crippen LogP contribution in [0, 0.1) is 0 Å². The van der Waals surface area contributed by atoms with Gasteiger partial charge in [0.15, 0.2) is 13.1 Å². The minimum atomic E-state index is -0.225. The maximum Gasteiger partial charge on any atom is 0.279 e. The second kappa shape index (κ2) is 10.3. The average Bonchev–Trinajstić information content (AvgIpc) is 3.17. The Labute approximate surface area is 164 Å². The van der Waals surface area contributed by atoms with Gasteiger partial charge in [-0.2, -0.15) is 0 Å². The van der Waals surface area contributed by atoms with Gasteiger partial charge >= 0.3 is 0 Å². The van der Waals surface area contributed by atoms with Crippen LogP contribution in [-0.2, 0) is 14.4 Å². The predicted octanol–water partition coefficient (Wildman–Crippen LogP) is 0.959. The fourth-order valence-electron chi connectivity index (χ4n) is 2.71. The van der Waals surface area contributed by atoms with Gasteiger partial charge < -0.3 is 25.3 Å². The number of carbonyl (C=O) groups is 3. The number of anilines is 2. The van der Waals surface area contributed by atoms with Gasteiger partial charge in [-0.15, -0.1) is 0 Å². The lowest BCUT2D eigenvalue weighted by molar-refractivity contribution is -0.881. The van der Waals surface area contributed by atoms with Crippen molar-refractivity contribution in [2.24, 2.45) is 0 Å². The highest BCUT2D eigenvalue weighted by atomic mass is 16.3. The van der Waals surface area contributed by atoms with Crippen molar-refractivity contribution in [2.75, 3.05) is 30.3 Å². The van der Waals surface area contributed by atoms with Crippen LogP contribution in [0.5, 0.6) is 0 Å². The number of hydrogen-bond acceptors (Lipinski definition) is 4. The van der Waals surface area contributed by atoms with E-state index in [0.29, 0.717) is 23.7 Å². The third kappa shape index (κ3) is 6.88. The molecule has 8 nitrogen and oxygen atoms in total. The van der Waals surface area contributed by atoms with Crippen molar-refractivity contribution in [2.45, 2.75) is 26.8 Å². The van der Waals surface area contributed by atoms with E-state index in [0.717, 1.165) is 4.90 Å². The van der Waals surface area contributed by atoms with E-state index in [9.17, 15) is 14.4 Å². The lowest BCUT2D eigenvalue weighted by Crippen LogP contribution is -3.14. The number of likely N-dealkylation sites (N-methyl/N-ethyl adjacent to an activating group) is 1. The molecule has 4 N–H and O–H groups in total. The number of benzene rings is 1. The number of nitrogens with one attached hydrogen (secondary N) is 4. The zero-order valence-corrected chi connectivity index (χ0v) is 16.4. The van der Waals surface area contributed by atoms with Crippen molar-refractivity contribution in [3.63, 3.8) is 0 Å². The van der Waals surface area contributed by atoms with E-state index in [1.165, 1.54) is 6.92 Å². The molecule has 0 aliphatic heterocycles. The molecule has 8 heteroatoms. The molecule has 2 rings (SSSR count). The van der Waals surface area contributed by atoms with Crippen LogP contribution in [0.1, 0.15) is 32.6 Å². The summed E-state index contributed by atoms with van der Waals surface area (Å²) in [5.41, 5.74) is 1.29. The van der Waals surface area contributed by atoms with Crippen LogP contribution >= 0.6 is 0 Å². The van der Waals surface area contributed by atoms with Crippen molar-refractivity contribution in [3.05, 3.63) is 48.4 Å². The van der Waals surface area contributed by atoms with E-state index in [2.05, 4.69) is 16.0 Å². The molecule has 1 unspecified atom stereocenters. The van der Waals surface area contributed by atoms with Crippen molar-refractivity contribution in [1.29, 1.82) is 0 Å². The topological polar surface area (TPSA) is 105 Å². The van der Waals surface area contributed by atoms with Gasteiger partial charge in [0, 0.05) is 18.3 Å². The average molecular weight is 387 g/mol. The van der Waals surface area contributed by atoms with Crippen LogP contribution in [0.15, 0.2) is 47.1 Å². The zero-order chi connectivity index (χ0) is 20.5. The number of amides is 3. The minimum absolute atomic E-state index is 0.145. The molecule has 1 heterocycles. The molecule has 0 aliphatic rings. The van der Waals surface area contributed by atoms with Crippen LogP contribution in [0.25, 0.3) is 0 Å². The van der Waals surface area contributed by atoms with Crippen molar-refractivity contribution in [1.82, 2.24) is 5.32 Å². The highest BCUT2D eigenvalue weighted by molar-refractivity contribution is 5.92. The van der Waals surface area contributed by atoms with Crippen LogP contribution in [0.2, 0.25) is 0 Å². The molecule has 2 aromatic rings. The molecule has 0 bridgehead atoms. The normalized spacial score (nSPS) is 12.7. The number of furan rings is 1. The molecule has 0 aliphatic carbocycles. The Morgan fingerprint density at radius 3 is 2.14 bits per heavy atom. The Morgan fingerprint density at radius 2 is 1.61 bits per heavy atom. The van der Waals surface area contributed by atoms with Gasteiger partial charge in [0.25, 0.3) is 11.8 Å². The largest absolute Gasteiger partial charge is 0.467 e. The highest BCUT2D eigenvalue weighted by Gasteiger charge is 2.19. The van der Waals surface area contributed by atoms with Crippen molar-refractivity contribution >= 4 is 29.1 Å². The molecule has 1 aromatic carbocycles. The predicted molar refractivity (Wildman–Crippen MR) is 106 cm³/mol. The lowest BCUT2D eigenvalue weighted by atomic mass is 10.2. The van der Waals surface area contributed by atoms with E-state index in [1.54, 1.807) is 42.7 Å². The van der Waals surface area contributed by atoms with Gasteiger partial charge in [-0.3, -0.25) is 14.4 Å². The quantitative estimate of drug-likeness (QED) is 0.514.